The molecule has 5 nitrogen and oxygen atoms in total. The summed E-state index contributed by atoms with van der Waals surface area (Å²) in [5.41, 5.74) is 5.60. The van der Waals surface area contributed by atoms with E-state index in [4.69, 9.17) is 16.3 Å². The van der Waals surface area contributed by atoms with E-state index in [-0.39, 0.29) is 11.3 Å². The number of rotatable bonds is 9. The Morgan fingerprint density at radius 2 is 1.68 bits per heavy atom. The molecule has 0 bridgehead atoms. The molecule has 5 heteroatoms. The fourth-order valence-electron chi connectivity index (χ4n) is 1.85. The van der Waals surface area contributed by atoms with Crippen molar-refractivity contribution in [2.45, 2.75) is 46.0 Å². The van der Waals surface area contributed by atoms with Gasteiger partial charge in [0.25, 0.3) is 0 Å². The van der Waals surface area contributed by atoms with Crippen LogP contribution in [0.25, 0.3) is 0 Å². The molecule has 0 aromatic carbocycles. The molecule has 0 unspecified atom stereocenters. The quantitative estimate of drug-likeness (QED) is 0.687. The molecule has 0 rings (SSSR count). The maximum absolute atomic E-state index is 12.1. The smallest absolute Gasteiger partial charge is 0.222 e. The topological polar surface area (TPSA) is 93.9 Å². The van der Waals surface area contributed by atoms with Crippen molar-refractivity contribution in [3.8, 4) is 12.1 Å². The summed E-state index contributed by atoms with van der Waals surface area (Å²) >= 11 is 0. The highest BCUT2D eigenvalue weighted by Crippen LogP contribution is 2.26. The second-order valence-electron chi connectivity index (χ2n) is 5.40. The summed E-state index contributed by atoms with van der Waals surface area (Å²) in [4.78, 5) is 13.7. The predicted molar refractivity (Wildman–Crippen MR) is 73.7 cm³/mol. The standard InChI is InChI=1S/C14H24N4O/c1-14(2,7-10-17)6-5-13(19)18(11-3-8-15)12-4-9-16/h3-7,10-12,17H2,1-2H3. The molecule has 2 N–H and O–H groups in total. The lowest BCUT2D eigenvalue weighted by Gasteiger charge is -2.26. The number of carbonyl (C=O) groups is 1. The van der Waals surface area contributed by atoms with Crippen LogP contribution in [-0.4, -0.2) is 30.4 Å². The van der Waals surface area contributed by atoms with E-state index in [1.54, 1.807) is 4.90 Å². The first-order chi connectivity index (χ1) is 8.96. The van der Waals surface area contributed by atoms with Crippen LogP contribution in [-0.2, 0) is 4.79 Å². The van der Waals surface area contributed by atoms with Gasteiger partial charge in [0.1, 0.15) is 0 Å². The second kappa shape index (κ2) is 9.35. The molecule has 1 amide bonds. The number of nitrogens with zero attached hydrogens (tertiary/aromatic N) is 3. The van der Waals surface area contributed by atoms with Gasteiger partial charge in [-0.15, -0.1) is 0 Å². The molecule has 0 radical (unpaired) electrons. The van der Waals surface area contributed by atoms with E-state index in [0.717, 1.165) is 12.8 Å². The molecule has 0 aromatic rings. The van der Waals surface area contributed by atoms with Crippen molar-refractivity contribution in [1.82, 2.24) is 4.90 Å². The van der Waals surface area contributed by atoms with E-state index in [1.807, 2.05) is 12.1 Å². The summed E-state index contributed by atoms with van der Waals surface area (Å²) in [6.07, 6.45) is 2.73. The third kappa shape index (κ3) is 8.18. The normalized spacial score (nSPS) is 10.6. The lowest BCUT2D eigenvalue weighted by Crippen LogP contribution is -2.33. The van der Waals surface area contributed by atoms with Gasteiger partial charge in [-0.2, -0.15) is 10.5 Å². The van der Waals surface area contributed by atoms with Crippen molar-refractivity contribution in [3.05, 3.63) is 0 Å². The first-order valence-electron chi connectivity index (χ1n) is 6.68. The summed E-state index contributed by atoms with van der Waals surface area (Å²) in [6, 6.07) is 4.06. The van der Waals surface area contributed by atoms with Crippen LogP contribution in [0.3, 0.4) is 0 Å². The Balaban J connectivity index is 4.31. The van der Waals surface area contributed by atoms with E-state index in [0.29, 0.717) is 38.9 Å². The first-order valence-corrected chi connectivity index (χ1v) is 6.68. The number of amides is 1. The van der Waals surface area contributed by atoms with Crippen LogP contribution in [0.4, 0.5) is 0 Å². The Morgan fingerprint density at radius 1 is 1.16 bits per heavy atom. The Hall–Kier alpha value is -1.59. The molecular formula is C14H24N4O. The summed E-state index contributed by atoms with van der Waals surface area (Å²) < 4.78 is 0. The monoisotopic (exact) mass is 264 g/mol. The fourth-order valence-corrected chi connectivity index (χ4v) is 1.85. The Bertz CT molecular complexity index is 333. The zero-order valence-electron chi connectivity index (χ0n) is 12.0. The van der Waals surface area contributed by atoms with E-state index in [1.165, 1.54) is 0 Å². The fraction of sp³-hybridized carbons (Fsp3) is 0.786. The zero-order chi connectivity index (χ0) is 14.7. The van der Waals surface area contributed by atoms with Crippen molar-refractivity contribution in [1.29, 1.82) is 10.5 Å². The Kier molecular flexibility index (Phi) is 8.57. The average molecular weight is 264 g/mol. The number of nitrogens with two attached hydrogens (primary N) is 1. The predicted octanol–water partition coefficient (Wildman–Crippen LogP) is 1.80. The maximum Gasteiger partial charge on any atom is 0.222 e. The first kappa shape index (κ1) is 17.4. The van der Waals surface area contributed by atoms with Crippen LogP contribution in [0.2, 0.25) is 0 Å². The van der Waals surface area contributed by atoms with Crippen LogP contribution in [0.1, 0.15) is 46.0 Å². The third-order valence-corrected chi connectivity index (χ3v) is 3.18. The van der Waals surface area contributed by atoms with Crippen LogP contribution in [0.5, 0.6) is 0 Å². The molecule has 0 atom stereocenters. The van der Waals surface area contributed by atoms with Crippen LogP contribution in [0.15, 0.2) is 0 Å². The van der Waals surface area contributed by atoms with E-state index in [9.17, 15) is 4.79 Å². The van der Waals surface area contributed by atoms with E-state index < -0.39 is 0 Å². The molecule has 0 saturated carbocycles. The molecule has 0 aliphatic carbocycles. The molecule has 106 valence electrons. The minimum Gasteiger partial charge on any atom is -0.341 e. The van der Waals surface area contributed by atoms with E-state index >= 15 is 0 Å². The Morgan fingerprint density at radius 3 is 2.11 bits per heavy atom. The van der Waals surface area contributed by atoms with Gasteiger partial charge in [0.05, 0.1) is 25.0 Å². The van der Waals surface area contributed by atoms with Crippen LogP contribution < -0.4 is 5.73 Å². The summed E-state index contributed by atoms with van der Waals surface area (Å²) in [5.74, 6) is 0.0237. The van der Waals surface area contributed by atoms with Gasteiger partial charge in [-0.1, -0.05) is 13.8 Å². The lowest BCUT2D eigenvalue weighted by molar-refractivity contribution is -0.131. The molecule has 19 heavy (non-hydrogen) atoms. The van der Waals surface area contributed by atoms with Crippen molar-refractivity contribution < 1.29 is 4.79 Å². The lowest BCUT2D eigenvalue weighted by atomic mass is 9.84. The molecule has 0 spiro atoms. The minimum atomic E-state index is 0.0237. The number of hydrogen-bond acceptors (Lipinski definition) is 4. The van der Waals surface area contributed by atoms with Gasteiger partial charge < -0.3 is 10.6 Å². The summed E-state index contributed by atoms with van der Waals surface area (Å²) in [7, 11) is 0. The Labute approximate surface area is 116 Å². The van der Waals surface area contributed by atoms with Crippen LogP contribution in [0, 0.1) is 28.1 Å². The van der Waals surface area contributed by atoms with Gasteiger partial charge in [0, 0.05) is 19.5 Å². The summed E-state index contributed by atoms with van der Waals surface area (Å²) in [6.45, 7) is 5.64. The van der Waals surface area contributed by atoms with Gasteiger partial charge in [-0.05, 0) is 24.8 Å². The van der Waals surface area contributed by atoms with Gasteiger partial charge in [-0.25, -0.2) is 0 Å². The molecule has 0 saturated heterocycles. The van der Waals surface area contributed by atoms with Gasteiger partial charge in [0.15, 0.2) is 0 Å². The summed E-state index contributed by atoms with van der Waals surface area (Å²) in [5, 5.41) is 17.2. The second-order valence-corrected chi connectivity index (χ2v) is 5.40. The zero-order valence-corrected chi connectivity index (χ0v) is 12.0. The molecule has 0 aliphatic heterocycles. The molecular weight excluding hydrogens is 240 g/mol. The highest BCUT2D eigenvalue weighted by Gasteiger charge is 2.20. The SMILES string of the molecule is CC(C)(CCN)CCC(=O)N(CCC#N)CCC#N. The average Bonchev–Trinajstić information content (AvgIpc) is 2.36. The molecule has 0 heterocycles. The third-order valence-electron chi connectivity index (χ3n) is 3.18. The van der Waals surface area contributed by atoms with E-state index in [2.05, 4.69) is 13.8 Å². The van der Waals surface area contributed by atoms with Gasteiger partial charge in [0.2, 0.25) is 5.91 Å². The molecule has 0 aromatic heterocycles. The highest BCUT2D eigenvalue weighted by atomic mass is 16.2. The van der Waals surface area contributed by atoms with Crippen molar-refractivity contribution in [2.24, 2.45) is 11.1 Å². The highest BCUT2D eigenvalue weighted by molar-refractivity contribution is 5.76. The van der Waals surface area contributed by atoms with Crippen molar-refractivity contribution >= 4 is 5.91 Å². The number of carbonyl (C=O) groups excluding carboxylic acids is 1. The van der Waals surface area contributed by atoms with Crippen molar-refractivity contribution in [2.75, 3.05) is 19.6 Å². The van der Waals surface area contributed by atoms with Crippen LogP contribution >= 0.6 is 0 Å². The van der Waals surface area contributed by atoms with Crippen molar-refractivity contribution in [3.63, 3.8) is 0 Å². The molecule has 0 aliphatic rings. The molecule has 0 fully saturated rings. The van der Waals surface area contributed by atoms with Gasteiger partial charge in [-0.3, -0.25) is 4.79 Å². The maximum atomic E-state index is 12.1. The van der Waals surface area contributed by atoms with Gasteiger partial charge >= 0.3 is 0 Å². The largest absolute Gasteiger partial charge is 0.341 e. The number of nitriles is 2. The minimum absolute atomic E-state index is 0.0237. The number of hydrogen-bond donors (Lipinski definition) is 1.